The maximum atomic E-state index is 12.1. The van der Waals surface area contributed by atoms with Crippen molar-refractivity contribution in [3.63, 3.8) is 0 Å². The molecule has 128 valence electrons. The molecule has 23 heavy (non-hydrogen) atoms. The number of hydrogen-bond acceptors (Lipinski definition) is 4. The predicted molar refractivity (Wildman–Crippen MR) is 91.2 cm³/mol. The van der Waals surface area contributed by atoms with E-state index < -0.39 is 5.60 Å². The number of pyridine rings is 1. The Hall–Kier alpha value is -1.62. The molecular weight excluding hydrogens is 290 g/mol. The Balaban J connectivity index is 1.84. The SMILES string of the molecule is C[C@H](c1ccccn1)N(C)C[C@@H]1CCN(C(=O)OC(C)(C)C)C1. The lowest BCUT2D eigenvalue weighted by Crippen LogP contribution is -2.36. The van der Waals surface area contributed by atoms with E-state index in [9.17, 15) is 4.79 Å². The number of hydrogen-bond donors (Lipinski definition) is 0. The number of carbonyl (C=O) groups is 1. The quantitative estimate of drug-likeness (QED) is 0.854. The normalized spacial score (nSPS) is 19.9. The van der Waals surface area contributed by atoms with Crippen molar-refractivity contribution in [2.45, 2.75) is 45.8 Å². The van der Waals surface area contributed by atoms with Gasteiger partial charge in [-0.2, -0.15) is 0 Å². The molecule has 2 rings (SSSR count). The minimum atomic E-state index is -0.431. The molecule has 1 aliphatic heterocycles. The average Bonchev–Trinajstić information content (AvgIpc) is 2.94. The van der Waals surface area contributed by atoms with Crippen LogP contribution in [-0.2, 0) is 4.74 Å². The zero-order valence-electron chi connectivity index (χ0n) is 15.0. The van der Waals surface area contributed by atoms with Crippen molar-refractivity contribution in [1.82, 2.24) is 14.8 Å². The maximum Gasteiger partial charge on any atom is 0.410 e. The third-order valence-electron chi connectivity index (χ3n) is 4.26. The third kappa shape index (κ3) is 5.20. The Bertz CT molecular complexity index is 513. The lowest BCUT2D eigenvalue weighted by Gasteiger charge is -2.27. The second-order valence-electron chi connectivity index (χ2n) is 7.45. The molecule has 5 heteroatoms. The average molecular weight is 319 g/mol. The molecule has 1 saturated heterocycles. The van der Waals surface area contributed by atoms with E-state index in [1.54, 1.807) is 0 Å². The Labute approximate surface area is 139 Å². The third-order valence-corrected chi connectivity index (χ3v) is 4.26. The first-order valence-electron chi connectivity index (χ1n) is 8.35. The summed E-state index contributed by atoms with van der Waals surface area (Å²) in [6.07, 6.45) is 2.67. The van der Waals surface area contributed by atoms with E-state index in [-0.39, 0.29) is 12.1 Å². The maximum absolute atomic E-state index is 12.1. The van der Waals surface area contributed by atoms with Crippen LogP contribution in [0.5, 0.6) is 0 Å². The van der Waals surface area contributed by atoms with Gasteiger partial charge in [0.05, 0.1) is 5.69 Å². The van der Waals surface area contributed by atoms with E-state index in [0.717, 1.165) is 31.7 Å². The highest BCUT2D eigenvalue weighted by atomic mass is 16.6. The zero-order valence-corrected chi connectivity index (χ0v) is 15.0. The van der Waals surface area contributed by atoms with Gasteiger partial charge in [0.25, 0.3) is 0 Å². The number of rotatable bonds is 4. The largest absolute Gasteiger partial charge is 0.444 e. The lowest BCUT2D eigenvalue weighted by molar-refractivity contribution is 0.0285. The fourth-order valence-electron chi connectivity index (χ4n) is 2.89. The van der Waals surface area contributed by atoms with Crippen molar-refractivity contribution in [1.29, 1.82) is 0 Å². The minimum Gasteiger partial charge on any atom is -0.444 e. The van der Waals surface area contributed by atoms with Crippen LogP contribution in [0, 0.1) is 5.92 Å². The number of nitrogens with zero attached hydrogens (tertiary/aromatic N) is 3. The monoisotopic (exact) mass is 319 g/mol. The molecular formula is C18H29N3O2. The van der Waals surface area contributed by atoms with Gasteiger partial charge in [0.1, 0.15) is 5.60 Å². The van der Waals surface area contributed by atoms with Crippen molar-refractivity contribution in [3.8, 4) is 0 Å². The molecule has 1 fully saturated rings. The Morgan fingerprint density at radius 2 is 2.22 bits per heavy atom. The van der Waals surface area contributed by atoms with E-state index in [0.29, 0.717) is 5.92 Å². The summed E-state index contributed by atoms with van der Waals surface area (Å²) in [5.41, 5.74) is 0.649. The first-order chi connectivity index (χ1) is 10.8. The summed E-state index contributed by atoms with van der Waals surface area (Å²) < 4.78 is 5.46. The molecule has 1 aromatic rings. The highest BCUT2D eigenvalue weighted by molar-refractivity contribution is 5.68. The van der Waals surface area contributed by atoms with Crippen LogP contribution in [0.4, 0.5) is 4.79 Å². The molecule has 2 atom stereocenters. The molecule has 0 unspecified atom stereocenters. The predicted octanol–water partition coefficient (Wildman–Crippen LogP) is 3.33. The minimum absolute atomic E-state index is 0.194. The van der Waals surface area contributed by atoms with Crippen molar-refractivity contribution in [3.05, 3.63) is 30.1 Å². The molecule has 1 aliphatic rings. The smallest absolute Gasteiger partial charge is 0.410 e. The van der Waals surface area contributed by atoms with Crippen molar-refractivity contribution >= 4 is 6.09 Å². The van der Waals surface area contributed by atoms with Crippen LogP contribution in [0.25, 0.3) is 0 Å². The van der Waals surface area contributed by atoms with Crippen LogP contribution in [0.15, 0.2) is 24.4 Å². The summed E-state index contributed by atoms with van der Waals surface area (Å²) in [4.78, 5) is 20.7. The van der Waals surface area contributed by atoms with Gasteiger partial charge >= 0.3 is 6.09 Å². The van der Waals surface area contributed by atoms with Crippen LogP contribution < -0.4 is 0 Å². The summed E-state index contributed by atoms with van der Waals surface area (Å²) in [6.45, 7) is 10.4. The molecule has 5 nitrogen and oxygen atoms in total. The number of aromatic nitrogens is 1. The number of amides is 1. The van der Waals surface area contributed by atoms with E-state index >= 15 is 0 Å². The fraction of sp³-hybridized carbons (Fsp3) is 0.667. The second kappa shape index (κ2) is 7.30. The Morgan fingerprint density at radius 3 is 2.83 bits per heavy atom. The van der Waals surface area contributed by atoms with Gasteiger partial charge in [0, 0.05) is 31.9 Å². The number of likely N-dealkylation sites (tertiary alicyclic amines) is 1. The van der Waals surface area contributed by atoms with Gasteiger partial charge in [-0.1, -0.05) is 6.07 Å². The van der Waals surface area contributed by atoms with Gasteiger partial charge < -0.3 is 9.64 Å². The first-order valence-corrected chi connectivity index (χ1v) is 8.35. The molecule has 0 aliphatic carbocycles. The van der Waals surface area contributed by atoms with Crippen LogP contribution in [0.2, 0.25) is 0 Å². The van der Waals surface area contributed by atoms with E-state index in [4.69, 9.17) is 4.74 Å². The molecule has 1 aromatic heterocycles. The standard InChI is InChI=1S/C18H29N3O2/c1-14(16-8-6-7-10-19-16)20(5)12-15-9-11-21(13-15)17(22)23-18(2,3)4/h6-8,10,14-15H,9,11-13H2,1-5H3/t14-,15+/m1/s1. The molecule has 0 bridgehead atoms. The van der Waals surface area contributed by atoms with E-state index in [1.807, 2.05) is 44.0 Å². The molecule has 0 radical (unpaired) electrons. The molecule has 0 N–H and O–H groups in total. The van der Waals surface area contributed by atoms with Crippen LogP contribution in [0.3, 0.4) is 0 Å². The highest BCUT2D eigenvalue weighted by Crippen LogP contribution is 2.23. The van der Waals surface area contributed by atoms with Gasteiger partial charge in [0.2, 0.25) is 0 Å². The summed E-state index contributed by atoms with van der Waals surface area (Å²) in [5, 5.41) is 0. The summed E-state index contributed by atoms with van der Waals surface area (Å²) in [6, 6.07) is 6.29. The van der Waals surface area contributed by atoms with Gasteiger partial charge in [-0.25, -0.2) is 4.79 Å². The highest BCUT2D eigenvalue weighted by Gasteiger charge is 2.30. The van der Waals surface area contributed by atoms with Crippen LogP contribution >= 0.6 is 0 Å². The van der Waals surface area contributed by atoms with Gasteiger partial charge in [0.15, 0.2) is 0 Å². The fourth-order valence-corrected chi connectivity index (χ4v) is 2.89. The van der Waals surface area contributed by atoms with E-state index in [1.165, 1.54) is 0 Å². The molecule has 2 heterocycles. The van der Waals surface area contributed by atoms with Gasteiger partial charge in [-0.3, -0.25) is 9.88 Å². The topological polar surface area (TPSA) is 45.7 Å². The molecule has 0 saturated carbocycles. The summed E-state index contributed by atoms with van der Waals surface area (Å²) in [5.74, 6) is 0.485. The van der Waals surface area contributed by atoms with Gasteiger partial charge in [-0.05, 0) is 59.2 Å². The van der Waals surface area contributed by atoms with Crippen molar-refractivity contribution in [2.75, 3.05) is 26.7 Å². The van der Waals surface area contributed by atoms with Gasteiger partial charge in [-0.15, -0.1) is 0 Å². The molecule has 1 amide bonds. The zero-order chi connectivity index (χ0) is 17.0. The van der Waals surface area contributed by atoms with Crippen molar-refractivity contribution in [2.24, 2.45) is 5.92 Å². The van der Waals surface area contributed by atoms with Crippen molar-refractivity contribution < 1.29 is 9.53 Å². The second-order valence-corrected chi connectivity index (χ2v) is 7.45. The van der Waals surface area contributed by atoms with Crippen LogP contribution in [-0.4, -0.2) is 53.2 Å². The van der Waals surface area contributed by atoms with E-state index in [2.05, 4.69) is 29.9 Å². The molecule has 0 spiro atoms. The Kier molecular flexibility index (Phi) is 5.63. The number of carbonyl (C=O) groups excluding carboxylic acids is 1. The molecule has 0 aromatic carbocycles. The summed E-state index contributed by atoms with van der Waals surface area (Å²) in [7, 11) is 2.12. The lowest BCUT2D eigenvalue weighted by atomic mass is 10.1. The van der Waals surface area contributed by atoms with Crippen LogP contribution in [0.1, 0.15) is 45.9 Å². The first kappa shape index (κ1) is 17.7. The number of ether oxygens (including phenoxy) is 1. The summed E-state index contributed by atoms with van der Waals surface area (Å²) >= 11 is 0. The Morgan fingerprint density at radius 1 is 1.48 bits per heavy atom.